The van der Waals surface area contributed by atoms with E-state index in [1.807, 2.05) is 6.07 Å². The normalized spacial score (nSPS) is 14.0. The molecular formula is C23H23F3N4O3. The van der Waals surface area contributed by atoms with Gasteiger partial charge in [0.25, 0.3) is 5.56 Å². The Morgan fingerprint density at radius 1 is 1.24 bits per heavy atom. The van der Waals surface area contributed by atoms with Crippen LogP contribution in [0, 0.1) is 29.6 Å². The van der Waals surface area contributed by atoms with Crippen molar-refractivity contribution in [3.63, 3.8) is 0 Å². The number of aromatic nitrogens is 2. The molecule has 1 heterocycles. The highest BCUT2D eigenvalue weighted by Gasteiger charge is 2.48. The summed E-state index contributed by atoms with van der Waals surface area (Å²) in [6, 6.07) is 7.72. The molecule has 1 N–H and O–H groups in total. The molecule has 0 spiro atoms. The van der Waals surface area contributed by atoms with Crippen molar-refractivity contribution in [2.45, 2.75) is 52.8 Å². The number of carbonyl (C=O) groups excluding carboxylic acids is 2. The number of Topliss-reactive ketones (excluding diaryl/α,β-unsaturated/α-hetero) is 1. The SMILES string of the molecule is Cc1nc(-c2ccc(C#N)cc2NC(=O)C2CC2)cc(=O)n1CC(=O)CC(C)(C)C(F)(F)F. The summed E-state index contributed by atoms with van der Waals surface area (Å²) in [4.78, 5) is 41.6. The number of rotatable bonds is 7. The largest absolute Gasteiger partial charge is 0.394 e. The Bertz CT molecular complexity index is 1200. The van der Waals surface area contributed by atoms with E-state index >= 15 is 0 Å². The second-order valence-corrected chi connectivity index (χ2v) is 8.85. The highest BCUT2D eigenvalue weighted by molar-refractivity contribution is 5.97. The van der Waals surface area contributed by atoms with Crippen molar-refractivity contribution in [1.29, 1.82) is 5.26 Å². The van der Waals surface area contributed by atoms with E-state index in [0.717, 1.165) is 37.3 Å². The summed E-state index contributed by atoms with van der Waals surface area (Å²) in [5.41, 5.74) is -1.55. The molecule has 0 bridgehead atoms. The lowest BCUT2D eigenvalue weighted by atomic mass is 9.86. The van der Waals surface area contributed by atoms with Gasteiger partial charge in [-0.2, -0.15) is 18.4 Å². The molecule has 0 radical (unpaired) electrons. The molecule has 2 aromatic rings. The summed E-state index contributed by atoms with van der Waals surface area (Å²) in [5.74, 6) is -0.875. The van der Waals surface area contributed by atoms with Crippen LogP contribution in [0.3, 0.4) is 0 Å². The van der Waals surface area contributed by atoms with Crippen molar-refractivity contribution in [2.24, 2.45) is 11.3 Å². The highest BCUT2D eigenvalue weighted by atomic mass is 19.4. The van der Waals surface area contributed by atoms with Crippen LogP contribution < -0.4 is 10.9 Å². The van der Waals surface area contributed by atoms with Crippen LogP contribution in [0.1, 0.15) is 44.5 Å². The third-order valence-electron chi connectivity index (χ3n) is 5.57. The number of nitrogens with one attached hydrogen (secondary N) is 1. The lowest BCUT2D eigenvalue weighted by Gasteiger charge is -2.27. The van der Waals surface area contributed by atoms with Gasteiger partial charge in [0.15, 0.2) is 5.78 Å². The molecule has 1 saturated carbocycles. The van der Waals surface area contributed by atoms with Gasteiger partial charge in [0.1, 0.15) is 5.82 Å². The Balaban J connectivity index is 1.90. The molecule has 1 aliphatic carbocycles. The highest BCUT2D eigenvalue weighted by Crippen LogP contribution is 2.40. The average molecular weight is 460 g/mol. The van der Waals surface area contributed by atoms with E-state index in [1.54, 1.807) is 6.07 Å². The zero-order valence-electron chi connectivity index (χ0n) is 18.4. The minimum atomic E-state index is -4.55. The first-order chi connectivity index (χ1) is 15.3. The molecule has 1 aromatic heterocycles. The van der Waals surface area contributed by atoms with Gasteiger partial charge in [-0.25, -0.2) is 4.98 Å². The molecule has 1 amide bonds. The van der Waals surface area contributed by atoms with E-state index < -0.39 is 35.9 Å². The predicted octanol–water partition coefficient (Wildman–Crippen LogP) is 3.99. The van der Waals surface area contributed by atoms with E-state index in [0.29, 0.717) is 16.8 Å². The Labute approximate surface area is 188 Å². The van der Waals surface area contributed by atoms with Gasteiger partial charge in [-0.3, -0.25) is 19.0 Å². The summed E-state index contributed by atoms with van der Waals surface area (Å²) >= 11 is 0. The van der Waals surface area contributed by atoms with Crippen LogP contribution in [0.2, 0.25) is 0 Å². The van der Waals surface area contributed by atoms with Crippen LogP contribution in [0.4, 0.5) is 18.9 Å². The predicted molar refractivity (Wildman–Crippen MR) is 114 cm³/mol. The smallest absolute Gasteiger partial charge is 0.325 e. The van der Waals surface area contributed by atoms with Crippen LogP contribution in [0.25, 0.3) is 11.3 Å². The molecule has 7 nitrogen and oxygen atoms in total. The minimum Gasteiger partial charge on any atom is -0.325 e. The van der Waals surface area contributed by atoms with Crippen molar-refractivity contribution >= 4 is 17.4 Å². The number of nitrogens with zero attached hydrogens (tertiary/aromatic N) is 3. The summed E-state index contributed by atoms with van der Waals surface area (Å²) in [6.45, 7) is 2.81. The standard InChI is InChI=1S/C23H23F3N4O3/c1-13-28-19(9-20(32)30(13)12-16(31)10-22(2,3)23(24,25)26)17-7-4-14(11-27)8-18(17)29-21(33)15-5-6-15/h4,7-9,15H,5-6,10,12H2,1-3H3,(H,29,33). The lowest BCUT2D eigenvalue weighted by Crippen LogP contribution is -2.36. The van der Waals surface area contributed by atoms with Crippen molar-refractivity contribution < 1.29 is 22.8 Å². The van der Waals surface area contributed by atoms with Gasteiger partial charge in [0, 0.05) is 24.0 Å². The molecule has 0 unspecified atom stereocenters. The Morgan fingerprint density at radius 3 is 2.45 bits per heavy atom. The van der Waals surface area contributed by atoms with Gasteiger partial charge in [0.05, 0.1) is 35.0 Å². The molecule has 0 saturated heterocycles. The molecule has 0 aliphatic heterocycles. The minimum absolute atomic E-state index is 0.0850. The fourth-order valence-electron chi connectivity index (χ4n) is 3.30. The third kappa shape index (κ3) is 5.48. The number of hydrogen-bond acceptors (Lipinski definition) is 5. The molecule has 174 valence electrons. The van der Waals surface area contributed by atoms with Crippen molar-refractivity contribution in [3.05, 3.63) is 46.0 Å². The van der Waals surface area contributed by atoms with Crippen LogP contribution >= 0.6 is 0 Å². The zero-order chi connectivity index (χ0) is 24.6. The number of anilines is 1. The summed E-state index contributed by atoms with van der Waals surface area (Å²) < 4.78 is 40.3. The van der Waals surface area contributed by atoms with E-state index in [4.69, 9.17) is 0 Å². The van der Waals surface area contributed by atoms with Crippen molar-refractivity contribution in [1.82, 2.24) is 9.55 Å². The zero-order valence-corrected chi connectivity index (χ0v) is 18.4. The second-order valence-electron chi connectivity index (χ2n) is 8.85. The molecule has 3 rings (SSSR count). The maximum Gasteiger partial charge on any atom is 0.394 e. The maximum atomic E-state index is 13.1. The number of nitriles is 1. The van der Waals surface area contributed by atoms with Crippen LogP contribution in [0.15, 0.2) is 29.1 Å². The van der Waals surface area contributed by atoms with E-state index in [9.17, 15) is 32.8 Å². The van der Waals surface area contributed by atoms with E-state index in [1.165, 1.54) is 19.1 Å². The Hall–Kier alpha value is -3.48. The number of carbonyl (C=O) groups is 2. The summed E-state index contributed by atoms with van der Waals surface area (Å²) in [6.07, 6.45) is -3.75. The first-order valence-electron chi connectivity index (χ1n) is 10.3. The Morgan fingerprint density at radius 2 is 1.91 bits per heavy atom. The first-order valence-corrected chi connectivity index (χ1v) is 10.3. The maximum absolute atomic E-state index is 13.1. The molecule has 1 aromatic carbocycles. The van der Waals surface area contributed by atoms with Gasteiger partial charge in [0.2, 0.25) is 5.91 Å². The Kier molecular flexibility index (Phi) is 6.45. The molecule has 10 heteroatoms. The molecule has 33 heavy (non-hydrogen) atoms. The fraction of sp³-hybridized carbons (Fsp3) is 0.435. The van der Waals surface area contributed by atoms with Crippen molar-refractivity contribution in [3.8, 4) is 17.3 Å². The van der Waals surface area contributed by atoms with Crippen LogP contribution in [-0.4, -0.2) is 27.4 Å². The molecule has 1 fully saturated rings. The monoisotopic (exact) mass is 460 g/mol. The number of hydrogen-bond donors (Lipinski definition) is 1. The number of ketones is 1. The number of benzene rings is 1. The van der Waals surface area contributed by atoms with Gasteiger partial charge >= 0.3 is 6.18 Å². The third-order valence-corrected chi connectivity index (χ3v) is 5.57. The van der Waals surface area contributed by atoms with Gasteiger partial charge in [-0.1, -0.05) is 13.8 Å². The number of alkyl halides is 3. The van der Waals surface area contributed by atoms with Crippen LogP contribution in [-0.2, 0) is 16.1 Å². The summed E-state index contributed by atoms with van der Waals surface area (Å²) in [5, 5.41) is 12.0. The summed E-state index contributed by atoms with van der Waals surface area (Å²) in [7, 11) is 0. The second kappa shape index (κ2) is 8.81. The topological polar surface area (TPSA) is 105 Å². The quantitative estimate of drug-likeness (QED) is 0.673. The number of aryl methyl sites for hydroxylation is 1. The lowest BCUT2D eigenvalue weighted by molar-refractivity contribution is -0.213. The van der Waals surface area contributed by atoms with Crippen LogP contribution in [0.5, 0.6) is 0 Å². The molecule has 1 aliphatic rings. The van der Waals surface area contributed by atoms with Crippen molar-refractivity contribution in [2.75, 3.05) is 5.32 Å². The number of amides is 1. The van der Waals surface area contributed by atoms with E-state index in [-0.39, 0.29) is 23.3 Å². The van der Waals surface area contributed by atoms with E-state index in [2.05, 4.69) is 10.3 Å². The van der Waals surface area contributed by atoms with Gasteiger partial charge in [-0.15, -0.1) is 0 Å². The molecular weight excluding hydrogens is 437 g/mol. The number of halogens is 3. The molecule has 0 atom stereocenters. The van der Waals surface area contributed by atoms with Gasteiger partial charge < -0.3 is 5.32 Å². The fourth-order valence-corrected chi connectivity index (χ4v) is 3.30. The average Bonchev–Trinajstić information content (AvgIpc) is 3.54. The first kappa shape index (κ1) is 24.2. The van der Waals surface area contributed by atoms with Gasteiger partial charge in [-0.05, 0) is 38.0 Å².